The van der Waals surface area contributed by atoms with Crippen molar-refractivity contribution < 1.29 is 24.5 Å². The molecular formula is C17H18O5. The second-order valence-electron chi connectivity index (χ2n) is 4.75. The molecular weight excluding hydrogens is 284 g/mol. The highest BCUT2D eigenvalue weighted by atomic mass is 16.7. The van der Waals surface area contributed by atoms with Gasteiger partial charge in [-0.1, -0.05) is 13.8 Å². The lowest BCUT2D eigenvalue weighted by Gasteiger charge is -2.11. The molecule has 0 amide bonds. The summed E-state index contributed by atoms with van der Waals surface area (Å²) in [6.45, 7) is 3.78. The van der Waals surface area contributed by atoms with Gasteiger partial charge in [0.15, 0.2) is 0 Å². The van der Waals surface area contributed by atoms with E-state index in [0.717, 1.165) is 0 Å². The number of ether oxygens (including phenoxy) is 2. The van der Waals surface area contributed by atoms with Gasteiger partial charge in [-0.05, 0) is 60.4 Å². The molecule has 22 heavy (non-hydrogen) atoms. The molecule has 0 unspecified atom stereocenters. The summed E-state index contributed by atoms with van der Waals surface area (Å²) in [6.07, 6.45) is 0.355. The Morgan fingerprint density at radius 2 is 1.27 bits per heavy atom. The predicted octanol–water partition coefficient (Wildman–Crippen LogP) is 3.80. The van der Waals surface area contributed by atoms with E-state index in [2.05, 4.69) is 0 Å². The maximum atomic E-state index is 11.9. The van der Waals surface area contributed by atoms with Crippen molar-refractivity contribution in [3.8, 4) is 23.0 Å². The highest BCUT2D eigenvalue weighted by Gasteiger charge is 2.13. The number of hydrogen-bond donors (Lipinski definition) is 2. The third-order valence-corrected chi connectivity index (χ3v) is 3.24. The number of phenols is 2. The van der Waals surface area contributed by atoms with Crippen LogP contribution in [0.2, 0.25) is 0 Å². The SMILES string of the molecule is CCc1cc(O)ccc1OC(=O)Oc1ccc(O)cc1CC. The fourth-order valence-electron chi connectivity index (χ4n) is 2.08. The van der Waals surface area contributed by atoms with E-state index < -0.39 is 6.16 Å². The van der Waals surface area contributed by atoms with E-state index in [1.54, 1.807) is 12.1 Å². The van der Waals surface area contributed by atoms with E-state index in [-0.39, 0.29) is 11.5 Å². The molecule has 0 saturated carbocycles. The molecule has 0 fully saturated rings. The average Bonchev–Trinajstić information content (AvgIpc) is 2.50. The summed E-state index contributed by atoms with van der Waals surface area (Å²) in [6, 6.07) is 9.01. The Morgan fingerprint density at radius 1 is 0.864 bits per heavy atom. The second-order valence-corrected chi connectivity index (χ2v) is 4.75. The van der Waals surface area contributed by atoms with Gasteiger partial charge in [-0.25, -0.2) is 4.79 Å². The van der Waals surface area contributed by atoms with Gasteiger partial charge in [0, 0.05) is 0 Å². The molecule has 0 saturated heterocycles. The van der Waals surface area contributed by atoms with Gasteiger partial charge in [0.25, 0.3) is 0 Å². The fraction of sp³-hybridized carbons (Fsp3) is 0.235. The van der Waals surface area contributed by atoms with Crippen LogP contribution in [0.4, 0.5) is 4.79 Å². The van der Waals surface area contributed by atoms with Crippen molar-refractivity contribution in [3.63, 3.8) is 0 Å². The number of carbonyl (C=O) groups excluding carboxylic acids is 1. The molecule has 0 spiro atoms. The van der Waals surface area contributed by atoms with Crippen LogP contribution < -0.4 is 9.47 Å². The molecule has 2 aromatic carbocycles. The van der Waals surface area contributed by atoms with Gasteiger partial charge in [0.05, 0.1) is 0 Å². The number of aromatic hydroxyl groups is 2. The number of carbonyl (C=O) groups is 1. The summed E-state index contributed by atoms with van der Waals surface area (Å²) < 4.78 is 10.4. The molecule has 116 valence electrons. The van der Waals surface area contributed by atoms with Crippen molar-refractivity contribution in [2.24, 2.45) is 0 Å². The van der Waals surface area contributed by atoms with E-state index >= 15 is 0 Å². The zero-order valence-electron chi connectivity index (χ0n) is 12.5. The van der Waals surface area contributed by atoms with Crippen LogP contribution in [0, 0.1) is 0 Å². The third kappa shape index (κ3) is 3.69. The minimum Gasteiger partial charge on any atom is -0.508 e. The van der Waals surface area contributed by atoms with E-state index in [1.165, 1.54) is 24.3 Å². The van der Waals surface area contributed by atoms with Gasteiger partial charge < -0.3 is 19.7 Å². The van der Waals surface area contributed by atoms with Gasteiger partial charge in [-0.2, -0.15) is 0 Å². The Morgan fingerprint density at radius 3 is 1.64 bits per heavy atom. The number of benzene rings is 2. The van der Waals surface area contributed by atoms with E-state index in [0.29, 0.717) is 35.5 Å². The van der Waals surface area contributed by atoms with Crippen molar-refractivity contribution >= 4 is 6.16 Å². The molecule has 0 aliphatic rings. The number of hydrogen-bond acceptors (Lipinski definition) is 5. The quantitative estimate of drug-likeness (QED) is 0.663. The Hall–Kier alpha value is -2.69. The third-order valence-electron chi connectivity index (χ3n) is 3.24. The first-order chi connectivity index (χ1) is 10.5. The molecule has 0 aliphatic heterocycles. The van der Waals surface area contributed by atoms with Gasteiger partial charge in [0.1, 0.15) is 23.0 Å². The van der Waals surface area contributed by atoms with Crippen LogP contribution in [0.25, 0.3) is 0 Å². The van der Waals surface area contributed by atoms with Crippen molar-refractivity contribution in [1.82, 2.24) is 0 Å². The predicted molar refractivity (Wildman–Crippen MR) is 81.6 cm³/mol. The first-order valence-corrected chi connectivity index (χ1v) is 7.07. The molecule has 0 heterocycles. The Labute approximate surface area is 128 Å². The minimum absolute atomic E-state index is 0.115. The number of aryl methyl sites for hydroxylation is 2. The largest absolute Gasteiger partial charge is 0.519 e. The minimum atomic E-state index is -0.860. The maximum Gasteiger partial charge on any atom is 0.519 e. The average molecular weight is 302 g/mol. The van der Waals surface area contributed by atoms with Crippen molar-refractivity contribution in [1.29, 1.82) is 0 Å². The molecule has 5 heteroatoms. The number of rotatable bonds is 4. The zero-order valence-corrected chi connectivity index (χ0v) is 12.5. The Kier molecular flexibility index (Phi) is 4.88. The van der Waals surface area contributed by atoms with Crippen LogP contribution in [0.15, 0.2) is 36.4 Å². The summed E-state index contributed by atoms with van der Waals surface area (Å²) in [5, 5.41) is 18.9. The first-order valence-electron chi connectivity index (χ1n) is 7.07. The summed E-state index contributed by atoms with van der Waals surface area (Å²) in [4.78, 5) is 11.9. The normalized spacial score (nSPS) is 10.3. The molecule has 0 radical (unpaired) electrons. The lowest BCUT2D eigenvalue weighted by molar-refractivity contribution is 0.151. The van der Waals surface area contributed by atoms with Crippen molar-refractivity contribution in [2.45, 2.75) is 26.7 Å². The smallest absolute Gasteiger partial charge is 0.508 e. The van der Waals surface area contributed by atoms with Gasteiger partial charge in [0.2, 0.25) is 0 Å². The van der Waals surface area contributed by atoms with E-state index in [1.807, 2.05) is 13.8 Å². The maximum absolute atomic E-state index is 11.9. The van der Waals surface area contributed by atoms with E-state index in [9.17, 15) is 15.0 Å². The van der Waals surface area contributed by atoms with Crippen LogP contribution >= 0.6 is 0 Å². The summed E-state index contributed by atoms with van der Waals surface area (Å²) in [7, 11) is 0. The van der Waals surface area contributed by atoms with Crippen LogP contribution in [-0.4, -0.2) is 16.4 Å². The second kappa shape index (κ2) is 6.85. The highest BCUT2D eigenvalue weighted by Crippen LogP contribution is 2.27. The summed E-state index contributed by atoms with van der Waals surface area (Å²) in [5.41, 5.74) is 1.41. The lowest BCUT2D eigenvalue weighted by atomic mass is 10.1. The fourth-order valence-corrected chi connectivity index (χ4v) is 2.08. The van der Waals surface area contributed by atoms with Gasteiger partial charge in [-0.3, -0.25) is 0 Å². The molecule has 0 atom stereocenters. The lowest BCUT2D eigenvalue weighted by Crippen LogP contribution is -2.15. The van der Waals surface area contributed by atoms with Gasteiger partial charge in [-0.15, -0.1) is 0 Å². The molecule has 0 aromatic heterocycles. The number of phenolic OH excluding ortho intramolecular Hbond substituents is 2. The molecule has 2 N–H and O–H groups in total. The Balaban J connectivity index is 2.14. The van der Waals surface area contributed by atoms with Crippen molar-refractivity contribution in [3.05, 3.63) is 47.5 Å². The highest BCUT2D eigenvalue weighted by molar-refractivity contribution is 5.68. The van der Waals surface area contributed by atoms with Crippen LogP contribution in [0.3, 0.4) is 0 Å². The van der Waals surface area contributed by atoms with Crippen LogP contribution in [0.1, 0.15) is 25.0 Å². The summed E-state index contributed by atoms with van der Waals surface area (Å²) in [5.74, 6) is 0.929. The molecule has 0 aliphatic carbocycles. The molecule has 2 aromatic rings. The molecule has 2 rings (SSSR count). The van der Waals surface area contributed by atoms with Crippen LogP contribution in [0.5, 0.6) is 23.0 Å². The van der Waals surface area contributed by atoms with E-state index in [4.69, 9.17) is 9.47 Å². The summed E-state index contributed by atoms with van der Waals surface area (Å²) >= 11 is 0. The Bertz CT molecular complexity index is 621. The van der Waals surface area contributed by atoms with Crippen molar-refractivity contribution in [2.75, 3.05) is 0 Å². The molecule has 5 nitrogen and oxygen atoms in total. The standard InChI is InChI=1S/C17H18O5/c1-3-11-9-13(18)5-7-15(11)21-17(20)22-16-8-6-14(19)10-12(16)4-2/h5-10,18-19H,3-4H2,1-2H3. The monoisotopic (exact) mass is 302 g/mol. The van der Waals surface area contributed by atoms with Crippen LogP contribution in [-0.2, 0) is 12.8 Å². The first kappa shape index (κ1) is 15.7. The van der Waals surface area contributed by atoms with Gasteiger partial charge >= 0.3 is 6.16 Å². The zero-order chi connectivity index (χ0) is 16.1. The topological polar surface area (TPSA) is 76.0 Å². The molecule has 0 bridgehead atoms.